The molecule has 0 aliphatic rings. The number of alkyl carbamates (subject to hydrolysis) is 1. The van der Waals surface area contributed by atoms with Gasteiger partial charge in [0.25, 0.3) is 0 Å². The Morgan fingerprint density at radius 1 is 1.38 bits per heavy atom. The van der Waals surface area contributed by atoms with Crippen LogP contribution in [0.4, 0.5) is 4.79 Å². The van der Waals surface area contributed by atoms with E-state index < -0.39 is 5.60 Å². The minimum atomic E-state index is -0.461. The van der Waals surface area contributed by atoms with Gasteiger partial charge in [0.2, 0.25) is 0 Å². The molecule has 2 N–H and O–H groups in total. The molecule has 5 heteroatoms. The number of ether oxygens (including phenoxy) is 1. The molecule has 1 heterocycles. The van der Waals surface area contributed by atoms with Crippen LogP contribution in [0.2, 0.25) is 0 Å². The summed E-state index contributed by atoms with van der Waals surface area (Å²) in [5.41, 5.74) is 0.696. The van der Waals surface area contributed by atoms with Gasteiger partial charge in [-0.2, -0.15) is 0 Å². The van der Waals surface area contributed by atoms with E-state index in [9.17, 15) is 4.79 Å². The van der Waals surface area contributed by atoms with Gasteiger partial charge in [0, 0.05) is 24.5 Å². The Morgan fingerprint density at radius 2 is 2.10 bits per heavy atom. The summed E-state index contributed by atoms with van der Waals surface area (Å²) in [5.74, 6) is 0. The zero-order valence-electron chi connectivity index (χ0n) is 13.6. The molecule has 1 aromatic heterocycles. The molecule has 2 unspecified atom stereocenters. The SMILES string of the molecule is CC(CCNC(C)c1cccnc1)NC(=O)OC(C)(C)C. The van der Waals surface area contributed by atoms with Crippen LogP contribution in [-0.2, 0) is 4.74 Å². The van der Waals surface area contributed by atoms with Crippen LogP contribution in [0.1, 0.15) is 52.6 Å². The van der Waals surface area contributed by atoms with E-state index in [0.717, 1.165) is 18.5 Å². The van der Waals surface area contributed by atoms with Crippen LogP contribution in [0, 0.1) is 0 Å². The standard InChI is InChI=1S/C16H27N3O2/c1-12(19-15(20)21-16(3,4)5)8-10-18-13(2)14-7-6-9-17-11-14/h6-7,9,11-13,18H,8,10H2,1-5H3,(H,19,20). The summed E-state index contributed by atoms with van der Waals surface area (Å²) in [6.07, 6.45) is 4.10. The molecule has 0 saturated heterocycles. The van der Waals surface area contributed by atoms with Crippen molar-refractivity contribution in [3.05, 3.63) is 30.1 Å². The Labute approximate surface area is 127 Å². The maximum Gasteiger partial charge on any atom is 0.407 e. The monoisotopic (exact) mass is 293 g/mol. The van der Waals surface area contributed by atoms with Crippen molar-refractivity contribution in [1.29, 1.82) is 0 Å². The fraction of sp³-hybridized carbons (Fsp3) is 0.625. The summed E-state index contributed by atoms with van der Waals surface area (Å²) in [6, 6.07) is 4.29. The van der Waals surface area contributed by atoms with Crippen LogP contribution >= 0.6 is 0 Å². The number of rotatable bonds is 6. The summed E-state index contributed by atoms with van der Waals surface area (Å²) in [7, 11) is 0. The number of nitrogens with one attached hydrogen (secondary N) is 2. The van der Waals surface area contributed by atoms with Crippen molar-refractivity contribution in [3.63, 3.8) is 0 Å². The van der Waals surface area contributed by atoms with Crippen molar-refractivity contribution in [1.82, 2.24) is 15.6 Å². The van der Waals surface area contributed by atoms with E-state index in [2.05, 4.69) is 22.5 Å². The molecule has 0 bridgehead atoms. The van der Waals surface area contributed by atoms with Gasteiger partial charge in [-0.25, -0.2) is 4.79 Å². The largest absolute Gasteiger partial charge is 0.444 e. The van der Waals surface area contributed by atoms with E-state index in [4.69, 9.17) is 4.74 Å². The second kappa shape index (κ2) is 7.98. The number of hydrogen-bond acceptors (Lipinski definition) is 4. The Bertz CT molecular complexity index is 429. The second-order valence-electron chi connectivity index (χ2n) is 6.30. The van der Waals surface area contributed by atoms with Crippen molar-refractivity contribution in [3.8, 4) is 0 Å². The van der Waals surface area contributed by atoms with Gasteiger partial charge in [-0.05, 0) is 59.2 Å². The number of pyridine rings is 1. The van der Waals surface area contributed by atoms with Crippen molar-refractivity contribution >= 4 is 6.09 Å². The molecule has 0 aliphatic heterocycles. The highest BCUT2D eigenvalue weighted by atomic mass is 16.6. The van der Waals surface area contributed by atoms with E-state index in [-0.39, 0.29) is 18.2 Å². The lowest BCUT2D eigenvalue weighted by atomic mass is 10.1. The predicted molar refractivity (Wildman–Crippen MR) is 84.1 cm³/mol. The number of amides is 1. The lowest BCUT2D eigenvalue weighted by Gasteiger charge is -2.22. The topological polar surface area (TPSA) is 63.2 Å². The average molecular weight is 293 g/mol. The molecule has 0 aliphatic carbocycles. The molecule has 1 amide bonds. The molecule has 0 aromatic carbocycles. The summed E-state index contributed by atoms with van der Waals surface area (Å²) in [4.78, 5) is 15.7. The maximum atomic E-state index is 11.6. The van der Waals surface area contributed by atoms with Gasteiger partial charge in [0.15, 0.2) is 0 Å². The van der Waals surface area contributed by atoms with Crippen LogP contribution in [0.15, 0.2) is 24.5 Å². The van der Waals surface area contributed by atoms with Gasteiger partial charge >= 0.3 is 6.09 Å². The van der Waals surface area contributed by atoms with Crippen LogP contribution < -0.4 is 10.6 Å². The van der Waals surface area contributed by atoms with Crippen molar-refractivity contribution in [2.24, 2.45) is 0 Å². The third-order valence-corrected chi connectivity index (χ3v) is 2.98. The first kappa shape index (κ1) is 17.4. The fourth-order valence-electron chi connectivity index (χ4n) is 1.85. The number of hydrogen-bond donors (Lipinski definition) is 2. The van der Waals surface area contributed by atoms with E-state index in [0.29, 0.717) is 0 Å². The van der Waals surface area contributed by atoms with Crippen LogP contribution in [-0.4, -0.2) is 29.3 Å². The van der Waals surface area contributed by atoms with Crippen LogP contribution in [0.3, 0.4) is 0 Å². The van der Waals surface area contributed by atoms with Crippen LogP contribution in [0.5, 0.6) is 0 Å². The number of nitrogens with zero attached hydrogens (tertiary/aromatic N) is 1. The van der Waals surface area contributed by atoms with Crippen LogP contribution in [0.25, 0.3) is 0 Å². The first-order valence-corrected chi connectivity index (χ1v) is 7.41. The van der Waals surface area contributed by atoms with Crippen molar-refractivity contribution in [2.45, 2.75) is 58.7 Å². The number of carbonyl (C=O) groups is 1. The molecule has 2 atom stereocenters. The minimum Gasteiger partial charge on any atom is -0.444 e. The van der Waals surface area contributed by atoms with Gasteiger partial charge < -0.3 is 15.4 Å². The molecule has 0 spiro atoms. The molecule has 21 heavy (non-hydrogen) atoms. The van der Waals surface area contributed by atoms with E-state index in [1.807, 2.05) is 46.0 Å². The summed E-state index contributed by atoms with van der Waals surface area (Å²) >= 11 is 0. The summed E-state index contributed by atoms with van der Waals surface area (Å²) in [5, 5.41) is 6.26. The van der Waals surface area contributed by atoms with Crippen molar-refractivity contribution < 1.29 is 9.53 Å². The third kappa shape index (κ3) is 7.66. The smallest absolute Gasteiger partial charge is 0.407 e. The lowest BCUT2D eigenvalue weighted by Crippen LogP contribution is -2.39. The third-order valence-electron chi connectivity index (χ3n) is 2.98. The van der Waals surface area contributed by atoms with Gasteiger partial charge in [-0.3, -0.25) is 4.98 Å². The van der Waals surface area contributed by atoms with Gasteiger partial charge in [0.1, 0.15) is 5.60 Å². The zero-order chi connectivity index (χ0) is 15.9. The second-order valence-corrected chi connectivity index (χ2v) is 6.30. The zero-order valence-corrected chi connectivity index (χ0v) is 13.6. The Hall–Kier alpha value is -1.62. The van der Waals surface area contributed by atoms with Gasteiger partial charge in [0.05, 0.1) is 0 Å². The lowest BCUT2D eigenvalue weighted by molar-refractivity contribution is 0.0506. The molecule has 1 rings (SSSR count). The summed E-state index contributed by atoms with van der Waals surface area (Å²) < 4.78 is 5.23. The normalized spacial score (nSPS) is 14.3. The first-order valence-electron chi connectivity index (χ1n) is 7.41. The van der Waals surface area contributed by atoms with E-state index >= 15 is 0 Å². The molecule has 0 radical (unpaired) electrons. The fourth-order valence-corrected chi connectivity index (χ4v) is 1.85. The average Bonchev–Trinajstić information content (AvgIpc) is 2.37. The Kier molecular flexibility index (Phi) is 6.62. The Morgan fingerprint density at radius 3 is 2.67 bits per heavy atom. The van der Waals surface area contributed by atoms with E-state index in [1.165, 1.54) is 0 Å². The quantitative estimate of drug-likeness (QED) is 0.846. The molecule has 5 nitrogen and oxygen atoms in total. The highest BCUT2D eigenvalue weighted by molar-refractivity contribution is 5.67. The molecule has 1 aromatic rings. The molecule has 0 fully saturated rings. The number of carbonyl (C=O) groups excluding carboxylic acids is 1. The highest BCUT2D eigenvalue weighted by Gasteiger charge is 2.17. The number of aromatic nitrogens is 1. The summed E-state index contributed by atoms with van der Waals surface area (Å²) in [6.45, 7) is 10.5. The van der Waals surface area contributed by atoms with Gasteiger partial charge in [-0.1, -0.05) is 6.07 Å². The molecular weight excluding hydrogens is 266 g/mol. The maximum absolute atomic E-state index is 11.6. The predicted octanol–water partition coefficient (Wildman–Crippen LogP) is 3.04. The molecular formula is C16H27N3O2. The van der Waals surface area contributed by atoms with Gasteiger partial charge in [-0.15, -0.1) is 0 Å². The Balaban J connectivity index is 2.24. The molecule has 0 saturated carbocycles. The first-order chi connectivity index (χ1) is 9.78. The minimum absolute atomic E-state index is 0.0634. The highest BCUT2D eigenvalue weighted by Crippen LogP contribution is 2.10. The van der Waals surface area contributed by atoms with Crippen molar-refractivity contribution in [2.75, 3.05) is 6.54 Å². The van der Waals surface area contributed by atoms with E-state index in [1.54, 1.807) is 6.20 Å². The molecule has 118 valence electrons.